The van der Waals surface area contributed by atoms with Gasteiger partial charge in [-0.15, -0.1) is 0 Å². The molecule has 34 heavy (non-hydrogen) atoms. The highest BCUT2D eigenvalue weighted by Crippen LogP contribution is 2.32. The molecule has 3 aromatic carbocycles. The Kier molecular flexibility index (Phi) is 6.22. The maximum Gasteiger partial charge on any atom is 0.337 e. The Hall–Kier alpha value is -4.72. The Morgan fingerprint density at radius 2 is 1.76 bits per heavy atom. The molecule has 170 valence electrons. The Morgan fingerprint density at radius 1 is 1.03 bits per heavy atom. The first kappa shape index (κ1) is 22.5. The fraction of sp³-hybridized carbons (Fsp3) is 0.0769. The normalized spacial score (nSPS) is 14.8. The number of nitrogens with one attached hydrogen (secondary N) is 1. The van der Waals surface area contributed by atoms with Gasteiger partial charge in [-0.25, -0.2) is 14.5 Å². The molecule has 1 N–H and O–H groups in total. The number of barbiturate groups is 1. The second-order valence-corrected chi connectivity index (χ2v) is 7.29. The van der Waals surface area contributed by atoms with Gasteiger partial charge >= 0.3 is 12.0 Å². The number of rotatable bonds is 6. The van der Waals surface area contributed by atoms with Gasteiger partial charge in [-0.3, -0.25) is 14.9 Å². The van der Waals surface area contributed by atoms with E-state index in [9.17, 15) is 19.2 Å². The van der Waals surface area contributed by atoms with Crippen LogP contribution in [0.15, 0.2) is 78.9 Å². The molecular weight excluding hydrogens is 436 g/mol. The van der Waals surface area contributed by atoms with Crippen LogP contribution in [-0.4, -0.2) is 37.5 Å². The number of urea groups is 1. The predicted molar refractivity (Wildman–Crippen MR) is 126 cm³/mol. The van der Waals surface area contributed by atoms with Crippen LogP contribution in [0.3, 0.4) is 0 Å². The van der Waals surface area contributed by atoms with Crippen molar-refractivity contribution in [2.24, 2.45) is 0 Å². The molecule has 0 radical (unpaired) electrons. The lowest BCUT2D eigenvalue weighted by molar-refractivity contribution is -0.122. The van der Waals surface area contributed by atoms with E-state index in [0.29, 0.717) is 11.3 Å². The van der Waals surface area contributed by atoms with Crippen molar-refractivity contribution in [2.45, 2.75) is 0 Å². The summed E-state index contributed by atoms with van der Waals surface area (Å²) in [6.45, 7) is 3.88. The number of amides is 4. The number of imide groups is 2. The smallest absolute Gasteiger partial charge is 0.337 e. The maximum atomic E-state index is 13.3. The summed E-state index contributed by atoms with van der Waals surface area (Å²) < 4.78 is 10.4. The lowest BCUT2D eigenvalue weighted by atomic mass is 9.99. The number of hydrogen-bond donors (Lipinski definition) is 1. The van der Waals surface area contributed by atoms with Gasteiger partial charge in [0.05, 0.1) is 18.4 Å². The summed E-state index contributed by atoms with van der Waals surface area (Å²) in [5, 5.41) is 3.85. The van der Waals surface area contributed by atoms with E-state index in [1.807, 2.05) is 30.3 Å². The van der Waals surface area contributed by atoms with E-state index in [4.69, 9.17) is 4.74 Å². The van der Waals surface area contributed by atoms with Gasteiger partial charge in [0.2, 0.25) is 0 Å². The molecule has 8 heteroatoms. The third-order valence-corrected chi connectivity index (χ3v) is 5.22. The topological polar surface area (TPSA) is 102 Å². The first-order valence-corrected chi connectivity index (χ1v) is 10.3. The van der Waals surface area contributed by atoms with Gasteiger partial charge in [-0.2, -0.15) is 0 Å². The fourth-order valence-corrected chi connectivity index (χ4v) is 3.60. The monoisotopic (exact) mass is 456 g/mol. The standard InChI is InChI=1S/C26H20N2O6/c1-3-14-34-22-13-10-16-6-4-5-7-19(16)20(22)15-21-23(29)27-26(32)28(24(21)30)18-11-8-17(9-12-18)25(31)33-2/h3-13,15H,1,14H2,2H3,(H,27,29,32)/b21-15+. The third-order valence-electron chi connectivity index (χ3n) is 5.22. The highest BCUT2D eigenvalue weighted by Gasteiger charge is 2.37. The maximum absolute atomic E-state index is 13.3. The minimum absolute atomic E-state index is 0.189. The van der Waals surface area contributed by atoms with Crippen molar-refractivity contribution in [1.82, 2.24) is 5.32 Å². The van der Waals surface area contributed by atoms with Gasteiger partial charge in [-0.05, 0) is 47.2 Å². The van der Waals surface area contributed by atoms with Crippen LogP contribution in [0, 0.1) is 0 Å². The molecule has 4 rings (SSSR count). The lowest BCUT2D eigenvalue weighted by Crippen LogP contribution is -2.54. The van der Waals surface area contributed by atoms with E-state index in [1.54, 1.807) is 12.1 Å². The van der Waals surface area contributed by atoms with Crippen molar-refractivity contribution < 1.29 is 28.7 Å². The molecule has 4 amide bonds. The Bertz CT molecular complexity index is 1360. The third kappa shape index (κ3) is 4.16. The second kappa shape index (κ2) is 9.41. The first-order chi connectivity index (χ1) is 16.4. The molecule has 1 aliphatic heterocycles. The van der Waals surface area contributed by atoms with Crippen molar-refractivity contribution in [1.29, 1.82) is 0 Å². The Labute approximate surface area is 195 Å². The van der Waals surface area contributed by atoms with Crippen molar-refractivity contribution >= 4 is 46.4 Å². The van der Waals surface area contributed by atoms with Crippen LogP contribution >= 0.6 is 0 Å². The number of fused-ring (bicyclic) bond motifs is 1. The molecule has 8 nitrogen and oxygen atoms in total. The predicted octanol–water partition coefficient (Wildman–Crippen LogP) is 3.86. The number of hydrogen-bond acceptors (Lipinski definition) is 6. The summed E-state index contributed by atoms with van der Waals surface area (Å²) in [4.78, 5) is 51.0. The lowest BCUT2D eigenvalue weighted by Gasteiger charge is -2.26. The van der Waals surface area contributed by atoms with Crippen LogP contribution in [0.25, 0.3) is 16.8 Å². The van der Waals surface area contributed by atoms with Crippen LogP contribution in [0.4, 0.5) is 10.5 Å². The van der Waals surface area contributed by atoms with Crippen molar-refractivity contribution in [3.63, 3.8) is 0 Å². The molecule has 0 unspecified atom stereocenters. The van der Waals surface area contributed by atoms with Crippen LogP contribution in [-0.2, 0) is 14.3 Å². The van der Waals surface area contributed by atoms with Crippen LogP contribution in [0.1, 0.15) is 15.9 Å². The molecule has 1 fully saturated rings. The molecule has 0 aliphatic carbocycles. The number of methoxy groups -OCH3 is 1. The average molecular weight is 456 g/mol. The van der Waals surface area contributed by atoms with Crippen LogP contribution in [0.2, 0.25) is 0 Å². The molecule has 1 saturated heterocycles. The zero-order valence-corrected chi connectivity index (χ0v) is 18.2. The largest absolute Gasteiger partial charge is 0.489 e. The van der Waals surface area contributed by atoms with Crippen molar-refractivity contribution in [2.75, 3.05) is 18.6 Å². The van der Waals surface area contributed by atoms with Gasteiger partial charge in [0, 0.05) is 5.56 Å². The molecular formula is C26H20N2O6. The number of esters is 1. The zero-order chi connectivity index (χ0) is 24.2. The highest BCUT2D eigenvalue weighted by atomic mass is 16.5. The SMILES string of the molecule is C=CCOc1ccc2ccccc2c1/C=C1\C(=O)NC(=O)N(c2ccc(C(=O)OC)cc2)C1=O. The number of carbonyl (C=O) groups excluding carboxylic acids is 4. The quantitative estimate of drug-likeness (QED) is 0.262. The minimum Gasteiger partial charge on any atom is -0.489 e. The van der Waals surface area contributed by atoms with Gasteiger partial charge < -0.3 is 9.47 Å². The molecule has 0 saturated carbocycles. The Morgan fingerprint density at radius 3 is 2.47 bits per heavy atom. The summed E-state index contributed by atoms with van der Waals surface area (Å²) >= 11 is 0. The van der Waals surface area contributed by atoms with Gasteiger partial charge in [-0.1, -0.05) is 43.0 Å². The van der Waals surface area contributed by atoms with Crippen molar-refractivity contribution in [3.8, 4) is 5.75 Å². The van der Waals surface area contributed by atoms with Crippen molar-refractivity contribution in [3.05, 3.63) is 90.0 Å². The van der Waals surface area contributed by atoms with Crippen LogP contribution < -0.4 is 15.0 Å². The summed E-state index contributed by atoms with van der Waals surface area (Å²) in [6, 6.07) is 15.9. The van der Waals surface area contributed by atoms with E-state index in [2.05, 4.69) is 16.6 Å². The molecule has 1 heterocycles. The zero-order valence-electron chi connectivity index (χ0n) is 18.2. The van der Waals surface area contributed by atoms with E-state index in [1.165, 1.54) is 37.5 Å². The Balaban J connectivity index is 1.79. The number of anilines is 1. The molecule has 0 aromatic heterocycles. The summed E-state index contributed by atoms with van der Waals surface area (Å²) in [5.74, 6) is -1.72. The minimum atomic E-state index is -0.890. The molecule has 0 atom stereocenters. The summed E-state index contributed by atoms with van der Waals surface area (Å²) in [5.41, 5.74) is 0.725. The van der Waals surface area contributed by atoms with Crippen LogP contribution in [0.5, 0.6) is 5.75 Å². The molecule has 1 aliphatic rings. The van der Waals surface area contributed by atoms with E-state index in [0.717, 1.165) is 15.7 Å². The summed E-state index contributed by atoms with van der Waals surface area (Å²) in [7, 11) is 1.25. The van der Waals surface area contributed by atoms with Gasteiger partial charge in [0.15, 0.2) is 0 Å². The average Bonchev–Trinajstić information content (AvgIpc) is 2.85. The van der Waals surface area contributed by atoms with E-state index < -0.39 is 23.8 Å². The summed E-state index contributed by atoms with van der Waals surface area (Å²) in [6.07, 6.45) is 3.00. The first-order valence-electron chi connectivity index (χ1n) is 10.3. The van der Waals surface area contributed by atoms with Gasteiger partial charge in [0.1, 0.15) is 17.9 Å². The number of nitrogens with zero attached hydrogens (tertiary/aromatic N) is 1. The fourth-order valence-electron chi connectivity index (χ4n) is 3.60. The second-order valence-electron chi connectivity index (χ2n) is 7.29. The number of carbonyl (C=O) groups is 4. The molecule has 0 bridgehead atoms. The molecule has 3 aromatic rings. The molecule has 0 spiro atoms. The highest BCUT2D eigenvalue weighted by molar-refractivity contribution is 6.39. The van der Waals surface area contributed by atoms with Gasteiger partial charge in [0.25, 0.3) is 11.8 Å². The van der Waals surface area contributed by atoms with E-state index in [-0.39, 0.29) is 23.4 Å². The van der Waals surface area contributed by atoms with E-state index >= 15 is 0 Å². The number of ether oxygens (including phenoxy) is 2. The number of benzene rings is 3.